The van der Waals surface area contributed by atoms with Gasteiger partial charge in [0.25, 0.3) is 0 Å². The largest absolute Gasteiger partial charge is 0.494 e. The maximum atomic E-state index is 11.2. The second kappa shape index (κ2) is 14.8. The molecular formula is C28H38N4O5. The summed E-state index contributed by atoms with van der Waals surface area (Å²) in [5, 5.41) is 3.65. The predicted molar refractivity (Wildman–Crippen MR) is 143 cm³/mol. The van der Waals surface area contributed by atoms with Gasteiger partial charge in [-0.2, -0.15) is 0 Å². The van der Waals surface area contributed by atoms with Crippen molar-refractivity contribution in [2.24, 2.45) is 22.5 Å². The molecule has 0 aromatic heterocycles. The van der Waals surface area contributed by atoms with Gasteiger partial charge in [0.15, 0.2) is 5.84 Å². The van der Waals surface area contributed by atoms with Crippen LogP contribution in [0.4, 0.5) is 0 Å². The number of carbonyl (C=O) groups is 2. The quantitative estimate of drug-likeness (QED) is 0.130. The number of hydrogen-bond donors (Lipinski definition) is 2. The van der Waals surface area contributed by atoms with Crippen molar-refractivity contribution in [3.8, 4) is 11.5 Å². The van der Waals surface area contributed by atoms with Crippen LogP contribution in [-0.2, 0) is 9.63 Å². The van der Waals surface area contributed by atoms with Crippen LogP contribution in [0.2, 0.25) is 0 Å². The zero-order valence-corrected chi connectivity index (χ0v) is 21.6. The molecule has 37 heavy (non-hydrogen) atoms. The Morgan fingerprint density at radius 3 is 2.03 bits per heavy atom. The van der Waals surface area contributed by atoms with Gasteiger partial charge in [-0.1, -0.05) is 12.1 Å². The summed E-state index contributed by atoms with van der Waals surface area (Å²) in [5.41, 5.74) is 12.3. The first-order valence-corrected chi connectivity index (χ1v) is 13.0. The highest BCUT2D eigenvalue weighted by Gasteiger charge is 2.18. The van der Waals surface area contributed by atoms with Gasteiger partial charge in [-0.3, -0.25) is 4.79 Å². The van der Waals surface area contributed by atoms with Gasteiger partial charge in [0, 0.05) is 24.1 Å². The zero-order valence-electron chi connectivity index (χ0n) is 21.6. The highest BCUT2D eigenvalue weighted by atomic mass is 16.7. The number of oxime groups is 1. The Bertz CT molecular complexity index is 1020. The van der Waals surface area contributed by atoms with E-state index in [2.05, 4.69) is 10.1 Å². The number of hydrogen-bond acceptors (Lipinski definition) is 7. The molecule has 2 aromatic carbocycles. The molecule has 2 aromatic rings. The van der Waals surface area contributed by atoms with E-state index < -0.39 is 11.9 Å². The van der Waals surface area contributed by atoms with E-state index in [1.807, 2.05) is 12.1 Å². The Morgan fingerprint density at radius 2 is 1.46 bits per heavy atom. The van der Waals surface area contributed by atoms with Gasteiger partial charge in [0.1, 0.15) is 11.5 Å². The maximum Gasteiger partial charge on any atom is 0.334 e. The molecule has 0 spiro atoms. The molecule has 1 aliphatic rings. The number of amides is 1. The van der Waals surface area contributed by atoms with Crippen molar-refractivity contribution in [3.05, 3.63) is 59.7 Å². The molecule has 9 nitrogen and oxygen atoms in total. The predicted octanol–water partition coefficient (Wildman–Crippen LogP) is 3.70. The lowest BCUT2D eigenvalue weighted by atomic mass is 9.92. The normalized spacial score (nSPS) is 14.8. The van der Waals surface area contributed by atoms with Gasteiger partial charge in [-0.25, -0.2) is 4.79 Å². The number of primary amides is 1. The standard InChI is InChI=1S/C28H38N4O5/c1-2-26(33)37-31-27(29)22-6-10-24(11-7-22)35-19-3-5-21-14-17-32(18-15-21)16-4-20-36-25-12-8-23(9-13-25)28(30)34/h6-13,21H,2-5,14-20H2,1H3,(H2,29,31)(H2,30,34). The molecule has 0 unspecified atom stereocenters. The summed E-state index contributed by atoms with van der Waals surface area (Å²) in [7, 11) is 0. The van der Waals surface area contributed by atoms with Crippen molar-refractivity contribution in [2.45, 2.75) is 45.4 Å². The third-order valence-corrected chi connectivity index (χ3v) is 6.44. The van der Waals surface area contributed by atoms with Crippen LogP contribution in [0.3, 0.4) is 0 Å². The second-order valence-corrected chi connectivity index (χ2v) is 9.18. The molecule has 0 radical (unpaired) electrons. The van der Waals surface area contributed by atoms with E-state index in [9.17, 15) is 9.59 Å². The lowest BCUT2D eigenvalue weighted by Crippen LogP contribution is -2.35. The smallest absolute Gasteiger partial charge is 0.334 e. The molecule has 3 rings (SSSR count). The molecule has 1 aliphatic heterocycles. The summed E-state index contributed by atoms with van der Waals surface area (Å²) >= 11 is 0. The molecule has 1 fully saturated rings. The van der Waals surface area contributed by atoms with E-state index in [0.717, 1.165) is 49.9 Å². The number of nitrogens with two attached hydrogens (primary N) is 2. The maximum absolute atomic E-state index is 11.2. The number of likely N-dealkylation sites (tertiary alicyclic amines) is 1. The first-order valence-electron chi connectivity index (χ1n) is 13.0. The van der Waals surface area contributed by atoms with Gasteiger partial charge < -0.3 is 30.7 Å². The third kappa shape index (κ3) is 9.76. The van der Waals surface area contributed by atoms with Crippen molar-refractivity contribution in [1.82, 2.24) is 4.90 Å². The highest BCUT2D eigenvalue weighted by molar-refractivity contribution is 5.97. The number of benzene rings is 2. The molecule has 0 atom stereocenters. The van der Waals surface area contributed by atoms with Gasteiger partial charge >= 0.3 is 5.97 Å². The SMILES string of the molecule is CCC(=O)ON=C(N)c1ccc(OCCCC2CCN(CCCOc3ccc(C(N)=O)cc3)CC2)cc1. The highest BCUT2D eigenvalue weighted by Crippen LogP contribution is 2.22. The van der Waals surface area contributed by atoms with Crippen LogP contribution in [0.25, 0.3) is 0 Å². The van der Waals surface area contributed by atoms with E-state index in [-0.39, 0.29) is 12.3 Å². The fraction of sp³-hybridized carbons (Fsp3) is 0.464. The van der Waals surface area contributed by atoms with Gasteiger partial charge in [0.2, 0.25) is 5.91 Å². The lowest BCUT2D eigenvalue weighted by molar-refractivity contribution is -0.143. The first-order chi connectivity index (χ1) is 17.9. The van der Waals surface area contributed by atoms with E-state index >= 15 is 0 Å². The van der Waals surface area contributed by atoms with Gasteiger partial charge in [-0.05, 0) is 99.6 Å². The summed E-state index contributed by atoms with van der Waals surface area (Å²) in [6.45, 7) is 6.30. The Labute approximate surface area is 218 Å². The van der Waals surface area contributed by atoms with Crippen molar-refractivity contribution in [3.63, 3.8) is 0 Å². The zero-order chi connectivity index (χ0) is 26.5. The molecule has 0 saturated carbocycles. The topological polar surface area (TPSA) is 129 Å². The second-order valence-electron chi connectivity index (χ2n) is 9.18. The molecular weight excluding hydrogens is 472 g/mol. The summed E-state index contributed by atoms with van der Waals surface area (Å²) in [5.74, 6) is 1.58. The van der Waals surface area contributed by atoms with Crippen LogP contribution < -0.4 is 20.9 Å². The van der Waals surface area contributed by atoms with E-state index in [1.54, 1.807) is 43.3 Å². The lowest BCUT2D eigenvalue weighted by Gasteiger charge is -2.32. The molecule has 4 N–H and O–H groups in total. The summed E-state index contributed by atoms with van der Waals surface area (Å²) < 4.78 is 11.6. The summed E-state index contributed by atoms with van der Waals surface area (Å²) in [4.78, 5) is 29.5. The molecule has 1 heterocycles. The minimum Gasteiger partial charge on any atom is -0.494 e. The minimum absolute atomic E-state index is 0.156. The van der Waals surface area contributed by atoms with Crippen molar-refractivity contribution < 1.29 is 23.9 Å². The van der Waals surface area contributed by atoms with E-state index in [1.165, 1.54) is 19.3 Å². The van der Waals surface area contributed by atoms with Gasteiger partial charge in [-0.15, -0.1) is 0 Å². The van der Waals surface area contributed by atoms with Crippen LogP contribution in [0.1, 0.15) is 61.4 Å². The van der Waals surface area contributed by atoms with Crippen molar-refractivity contribution in [2.75, 3.05) is 32.8 Å². The number of rotatable bonds is 14. The number of piperidine rings is 1. The molecule has 9 heteroatoms. The van der Waals surface area contributed by atoms with Crippen molar-refractivity contribution in [1.29, 1.82) is 0 Å². The van der Waals surface area contributed by atoms with Gasteiger partial charge in [0.05, 0.1) is 13.2 Å². The Morgan fingerprint density at radius 1 is 0.892 bits per heavy atom. The van der Waals surface area contributed by atoms with Crippen LogP contribution >= 0.6 is 0 Å². The number of amidine groups is 1. The molecule has 0 bridgehead atoms. The average Bonchev–Trinajstić information content (AvgIpc) is 2.93. The number of nitrogens with zero attached hydrogens (tertiary/aromatic N) is 2. The van der Waals surface area contributed by atoms with Crippen LogP contribution in [0, 0.1) is 5.92 Å². The van der Waals surface area contributed by atoms with Crippen LogP contribution in [0.5, 0.6) is 11.5 Å². The number of ether oxygens (including phenoxy) is 2. The fourth-order valence-electron chi connectivity index (χ4n) is 4.19. The third-order valence-electron chi connectivity index (χ3n) is 6.44. The van der Waals surface area contributed by atoms with E-state index in [0.29, 0.717) is 24.3 Å². The molecule has 0 aliphatic carbocycles. The molecule has 200 valence electrons. The number of carbonyl (C=O) groups excluding carboxylic acids is 2. The summed E-state index contributed by atoms with van der Waals surface area (Å²) in [6.07, 6.45) is 5.83. The summed E-state index contributed by atoms with van der Waals surface area (Å²) in [6, 6.07) is 14.2. The Balaban J connectivity index is 1.24. The fourth-order valence-corrected chi connectivity index (χ4v) is 4.19. The molecule has 1 amide bonds. The van der Waals surface area contributed by atoms with Crippen molar-refractivity contribution >= 4 is 17.7 Å². The minimum atomic E-state index is -0.431. The Hall–Kier alpha value is -3.59. The molecule has 1 saturated heterocycles. The van der Waals surface area contributed by atoms with Crippen LogP contribution in [0.15, 0.2) is 53.7 Å². The first kappa shape index (κ1) is 28.0. The van der Waals surface area contributed by atoms with E-state index in [4.69, 9.17) is 25.8 Å². The Kier molecular flexibility index (Phi) is 11.2. The average molecular weight is 511 g/mol. The monoisotopic (exact) mass is 510 g/mol. The van der Waals surface area contributed by atoms with Crippen LogP contribution in [-0.4, -0.2) is 55.5 Å².